The van der Waals surface area contributed by atoms with Crippen molar-refractivity contribution >= 4 is 5.78 Å². The zero-order valence-corrected chi connectivity index (χ0v) is 16.1. The maximum absolute atomic E-state index is 12.0. The molecule has 0 aliphatic heterocycles. The highest BCUT2D eigenvalue weighted by molar-refractivity contribution is 6.12. The molecule has 0 radical (unpaired) electrons. The van der Waals surface area contributed by atoms with Gasteiger partial charge in [-0.1, -0.05) is 60.7 Å². The Morgan fingerprint density at radius 3 is 1.00 bits per heavy atom. The van der Waals surface area contributed by atoms with Gasteiger partial charge in [0.1, 0.15) is 23.0 Å². The molecule has 0 bridgehead atoms. The van der Waals surface area contributed by atoms with E-state index in [0.29, 0.717) is 11.5 Å². The van der Waals surface area contributed by atoms with E-state index in [0.717, 1.165) is 0 Å². The quantitative estimate of drug-likeness (QED) is 0.349. The molecule has 4 aromatic rings. The van der Waals surface area contributed by atoms with Gasteiger partial charge in [0.15, 0.2) is 5.78 Å². The third-order valence-electron chi connectivity index (χ3n) is 3.81. The lowest BCUT2D eigenvalue weighted by Crippen LogP contribution is -2.01. The molecule has 0 unspecified atom stereocenters. The van der Waals surface area contributed by atoms with Gasteiger partial charge in [-0.15, -0.1) is 0 Å². The van der Waals surface area contributed by atoms with Crippen LogP contribution in [-0.2, 0) is 0 Å². The molecule has 0 aliphatic rings. The maximum atomic E-state index is 12.0. The van der Waals surface area contributed by atoms with Crippen molar-refractivity contribution in [3.05, 3.63) is 120 Å². The number of hydrogen-bond acceptors (Lipinski definition) is 5. The third-order valence-corrected chi connectivity index (χ3v) is 3.81. The summed E-state index contributed by atoms with van der Waals surface area (Å²) < 4.78 is 0. The summed E-state index contributed by atoms with van der Waals surface area (Å²) in [6.45, 7) is 0. The van der Waals surface area contributed by atoms with Crippen molar-refractivity contribution in [2.24, 2.45) is 0 Å². The summed E-state index contributed by atoms with van der Waals surface area (Å²) in [6, 6.07) is 29.9. The molecule has 0 amide bonds. The smallest absolute Gasteiger partial charge is 0.200 e. The normalized spacial score (nSPS) is 9.33. The van der Waals surface area contributed by atoms with Gasteiger partial charge in [0.05, 0.1) is 11.1 Å². The van der Waals surface area contributed by atoms with Crippen molar-refractivity contribution in [2.45, 2.75) is 0 Å². The van der Waals surface area contributed by atoms with Crippen molar-refractivity contribution in [3.63, 3.8) is 0 Å². The van der Waals surface area contributed by atoms with Gasteiger partial charge in [0.2, 0.25) is 0 Å². The fourth-order valence-electron chi connectivity index (χ4n) is 2.33. The van der Waals surface area contributed by atoms with E-state index in [2.05, 4.69) is 0 Å². The van der Waals surface area contributed by atoms with Crippen molar-refractivity contribution in [2.75, 3.05) is 0 Å². The van der Waals surface area contributed by atoms with Crippen LogP contribution in [0.15, 0.2) is 109 Å². The van der Waals surface area contributed by atoms with Gasteiger partial charge in [-0.05, 0) is 48.5 Å². The number of benzene rings is 4. The first-order valence-electron chi connectivity index (χ1n) is 9.07. The van der Waals surface area contributed by atoms with Crippen LogP contribution in [0.3, 0.4) is 0 Å². The van der Waals surface area contributed by atoms with Gasteiger partial charge in [0.25, 0.3) is 0 Å². The van der Waals surface area contributed by atoms with Gasteiger partial charge in [-0.2, -0.15) is 0 Å². The molecular formula is C25H22O5. The average Bonchev–Trinajstić information content (AvgIpc) is 2.76. The van der Waals surface area contributed by atoms with Gasteiger partial charge in [0, 0.05) is 0 Å². The highest BCUT2D eigenvalue weighted by Crippen LogP contribution is 2.24. The number of ketones is 1. The molecule has 0 heterocycles. The first kappa shape index (κ1) is 22.0. The van der Waals surface area contributed by atoms with Crippen molar-refractivity contribution in [1.29, 1.82) is 0 Å². The molecule has 152 valence electrons. The number of carbonyl (C=O) groups excluding carboxylic acids is 1. The van der Waals surface area contributed by atoms with Crippen LogP contribution in [0.5, 0.6) is 23.0 Å². The van der Waals surface area contributed by atoms with Crippen molar-refractivity contribution in [1.82, 2.24) is 0 Å². The Balaban J connectivity index is 0.000000188. The molecule has 4 rings (SSSR count). The summed E-state index contributed by atoms with van der Waals surface area (Å²) in [7, 11) is 0. The van der Waals surface area contributed by atoms with Crippen LogP contribution in [-0.4, -0.2) is 26.2 Å². The predicted octanol–water partition coefficient (Wildman–Crippen LogP) is 5.11. The fourth-order valence-corrected chi connectivity index (χ4v) is 2.33. The molecule has 4 aromatic carbocycles. The molecule has 30 heavy (non-hydrogen) atoms. The van der Waals surface area contributed by atoms with E-state index in [1.54, 1.807) is 72.8 Å². The summed E-state index contributed by atoms with van der Waals surface area (Å²) in [4.78, 5) is 12.0. The second-order valence-electron chi connectivity index (χ2n) is 6.03. The van der Waals surface area contributed by atoms with Gasteiger partial charge in [-0.3, -0.25) is 4.79 Å². The minimum absolute atomic E-state index is 0.0873. The van der Waals surface area contributed by atoms with E-state index >= 15 is 0 Å². The standard InChI is InChI=1S/C13H10O3.2C6H6O/c14-11-7-3-1-5-9(11)13(16)10-6-2-4-8-12(10)15;2*7-6-4-2-1-3-5-6/h1-8,14-15H;2*1-5,7H. The van der Waals surface area contributed by atoms with Crippen LogP contribution >= 0.6 is 0 Å². The van der Waals surface area contributed by atoms with Gasteiger partial charge >= 0.3 is 0 Å². The molecule has 0 saturated heterocycles. The minimum atomic E-state index is -0.392. The molecule has 0 aliphatic carbocycles. The molecular weight excluding hydrogens is 380 g/mol. The SMILES string of the molecule is O=C(c1ccccc1O)c1ccccc1O.Oc1ccccc1.Oc1ccccc1. The zero-order chi connectivity index (χ0) is 21.8. The molecule has 0 saturated carbocycles. The Labute approximate surface area is 174 Å². The molecule has 5 nitrogen and oxygen atoms in total. The van der Waals surface area contributed by atoms with Crippen LogP contribution in [0.4, 0.5) is 0 Å². The Bertz CT molecular complexity index is 962. The van der Waals surface area contributed by atoms with Crippen molar-refractivity contribution in [3.8, 4) is 23.0 Å². The number of hydrogen-bond donors (Lipinski definition) is 4. The lowest BCUT2D eigenvalue weighted by atomic mass is 10.0. The fraction of sp³-hybridized carbons (Fsp3) is 0. The predicted molar refractivity (Wildman–Crippen MR) is 116 cm³/mol. The van der Waals surface area contributed by atoms with Crippen LogP contribution in [0.1, 0.15) is 15.9 Å². The monoisotopic (exact) mass is 402 g/mol. The van der Waals surface area contributed by atoms with E-state index < -0.39 is 5.78 Å². The minimum Gasteiger partial charge on any atom is -0.508 e. The van der Waals surface area contributed by atoms with Gasteiger partial charge in [-0.25, -0.2) is 0 Å². The number of para-hydroxylation sites is 4. The van der Waals surface area contributed by atoms with E-state index in [-0.39, 0.29) is 22.6 Å². The number of carbonyl (C=O) groups is 1. The Morgan fingerprint density at radius 2 is 0.733 bits per heavy atom. The maximum Gasteiger partial charge on any atom is 0.200 e. The summed E-state index contributed by atoms with van der Waals surface area (Å²) >= 11 is 0. The van der Waals surface area contributed by atoms with E-state index in [9.17, 15) is 15.0 Å². The summed E-state index contributed by atoms with van der Waals surface area (Å²) in [5, 5.41) is 36.3. The lowest BCUT2D eigenvalue weighted by Gasteiger charge is -2.04. The molecule has 0 spiro atoms. The largest absolute Gasteiger partial charge is 0.508 e. The summed E-state index contributed by atoms with van der Waals surface area (Å²) in [6.07, 6.45) is 0. The second-order valence-corrected chi connectivity index (χ2v) is 6.03. The lowest BCUT2D eigenvalue weighted by molar-refractivity contribution is 0.103. The van der Waals surface area contributed by atoms with Crippen LogP contribution in [0.2, 0.25) is 0 Å². The molecule has 0 atom stereocenters. The second kappa shape index (κ2) is 11.6. The van der Waals surface area contributed by atoms with Gasteiger partial charge < -0.3 is 20.4 Å². The Morgan fingerprint density at radius 1 is 0.433 bits per heavy atom. The molecule has 0 fully saturated rings. The molecule has 0 aromatic heterocycles. The summed E-state index contributed by atoms with van der Waals surface area (Å²) in [5.41, 5.74) is 0.369. The van der Waals surface area contributed by atoms with Crippen LogP contribution < -0.4 is 0 Å². The van der Waals surface area contributed by atoms with Crippen molar-refractivity contribution < 1.29 is 25.2 Å². The summed E-state index contributed by atoms with van der Waals surface area (Å²) in [5.74, 6) is 0.0766. The van der Waals surface area contributed by atoms with Crippen LogP contribution in [0.25, 0.3) is 0 Å². The zero-order valence-electron chi connectivity index (χ0n) is 16.1. The van der Waals surface area contributed by atoms with E-state index in [4.69, 9.17) is 10.2 Å². The third kappa shape index (κ3) is 7.05. The highest BCUT2D eigenvalue weighted by atomic mass is 16.3. The molecule has 4 N–H and O–H groups in total. The molecule has 5 heteroatoms. The Kier molecular flexibility index (Phi) is 8.49. The first-order valence-corrected chi connectivity index (χ1v) is 9.07. The average molecular weight is 402 g/mol. The topological polar surface area (TPSA) is 98.0 Å². The number of aromatic hydroxyl groups is 4. The van der Waals surface area contributed by atoms with E-state index in [1.165, 1.54) is 24.3 Å². The number of rotatable bonds is 2. The Hall–Kier alpha value is -4.25. The highest BCUT2D eigenvalue weighted by Gasteiger charge is 2.15. The van der Waals surface area contributed by atoms with Crippen LogP contribution in [0, 0.1) is 0 Å². The number of phenols is 4. The number of phenolic OH excluding ortho intramolecular Hbond substituents is 4. The van der Waals surface area contributed by atoms with E-state index in [1.807, 2.05) is 12.1 Å². The first-order chi connectivity index (χ1) is 14.5.